The number of aliphatic hydroxyl groups excluding tert-OH is 1. The summed E-state index contributed by atoms with van der Waals surface area (Å²) in [7, 11) is -3.51. The second kappa shape index (κ2) is 17.4. The van der Waals surface area contributed by atoms with Crippen LogP contribution in [0.2, 0.25) is 0 Å². The van der Waals surface area contributed by atoms with Gasteiger partial charge in [0.1, 0.15) is 6.04 Å². The molecule has 0 aliphatic heterocycles. The molecule has 192 valence electrons. The molecule has 0 aliphatic carbocycles. The number of hydrogen-bond donors (Lipinski definition) is 3. The van der Waals surface area contributed by atoms with E-state index in [1.807, 2.05) is 13.8 Å². The first-order valence-electron chi connectivity index (χ1n) is 11.8. The highest BCUT2D eigenvalue weighted by Gasteiger charge is 2.28. The lowest BCUT2D eigenvalue weighted by molar-refractivity contribution is -0.124. The summed E-state index contributed by atoms with van der Waals surface area (Å²) in [5.41, 5.74) is 4.12. The Kier molecular flexibility index (Phi) is 16.8. The SMILES string of the molecule is CC[C@H](C)[C@H](NS(C)(=O)=O)C(=O)N[C@H](CO)CSC/C=C(\C)CC/C=C(\C)CCC=C(C)C. The molecule has 33 heavy (non-hydrogen) atoms. The number of allylic oxidation sites excluding steroid dienone is 5. The number of carbonyl (C=O) groups excluding carboxylic acids is 1. The van der Waals surface area contributed by atoms with Crippen LogP contribution in [-0.4, -0.2) is 55.9 Å². The lowest BCUT2D eigenvalue weighted by Gasteiger charge is -2.25. The molecule has 1 amide bonds. The number of rotatable bonds is 17. The van der Waals surface area contributed by atoms with Gasteiger partial charge < -0.3 is 10.4 Å². The number of aliphatic hydroxyl groups is 1. The minimum atomic E-state index is -3.51. The maximum Gasteiger partial charge on any atom is 0.238 e. The van der Waals surface area contributed by atoms with E-state index in [0.717, 1.165) is 37.7 Å². The fraction of sp³-hybridized carbons (Fsp3) is 0.720. The van der Waals surface area contributed by atoms with Crippen molar-refractivity contribution < 1.29 is 18.3 Å². The highest BCUT2D eigenvalue weighted by molar-refractivity contribution is 7.99. The fourth-order valence-corrected chi connectivity index (χ4v) is 4.89. The molecule has 0 spiro atoms. The van der Waals surface area contributed by atoms with E-state index in [4.69, 9.17) is 0 Å². The average molecular weight is 503 g/mol. The first-order chi connectivity index (χ1) is 15.4. The smallest absolute Gasteiger partial charge is 0.238 e. The van der Waals surface area contributed by atoms with E-state index < -0.39 is 28.0 Å². The maximum atomic E-state index is 12.6. The van der Waals surface area contributed by atoms with Gasteiger partial charge in [0, 0.05) is 11.5 Å². The monoisotopic (exact) mass is 502 g/mol. The van der Waals surface area contributed by atoms with E-state index in [0.29, 0.717) is 12.2 Å². The Balaban J connectivity index is 4.50. The van der Waals surface area contributed by atoms with Crippen molar-refractivity contribution in [3.63, 3.8) is 0 Å². The highest BCUT2D eigenvalue weighted by atomic mass is 32.2. The number of nitrogens with one attached hydrogen (secondary N) is 2. The molecule has 6 nitrogen and oxygen atoms in total. The number of carbonyl (C=O) groups is 1. The van der Waals surface area contributed by atoms with E-state index in [2.05, 4.69) is 56.0 Å². The molecule has 0 bridgehead atoms. The van der Waals surface area contributed by atoms with Gasteiger partial charge in [-0.3, -0.25) is 4.79 Å². The van der Waals surface area contributed by atoms with Crippen LogP contribution in [0.1, 0.15) is 73.6 Å². The molecular formula is C25H46N2O4S2. The van der Waals surface area contributed by atoms with Crippen molar-refractivity contribution in [3.8, 4) is 0 Å². The van der Waals surface area contributed by atoms with Crippen molar-refractivity contribution in [2.75, 3.05) is 24.4 Å². The lowest BCUT2D eigenvalue weighted by atomic mass is 9.99. The fourth-order valence-electron chi connectivity index (χ4n) is 3.08. The van der Waals surface area contributed by atoms with Gasteiger partial charge in [-0.1, -0.05) is 55.2 Å². The molecule has 3 atom stereocenters. The van der Waals surface area contributed by atoms with Crippen LogP contribution in [0.15, 0.2) is 34.9 Å². The third-order valence-electron chi connectivity index (χ3n) is 5.39. The molecule has 0 heterocycles. The Bertz CT molecular complexity index is 769. The largest absolute Gasteiger partial charge is 0.394 e. The molecule has 0 aliphatic rings. The summed E-state index contributed by atoms with van der Waals surface area (Å²) in [6, 6.07) is -1.26. The molecule has 3 N–H and O–H groups in total. The lowest BCUT2D eigenvalue weighted by Crippen LogP contribution is -2.53. The number of sulfonamides is 1. The van der Waals surface area contributed by atoms with Crippen LogP contribution in [0, 0.1) is 5.92 Å². The van der Waals surface area contributed by atoms with Crippen molar-refractivity contribution in [2.45, 2.75) is 85.7 Å². The molecule has 0 aromatic rings. The molecule has 0 saturated carbocycles. The Morgan fingerprint density at radius 2 is 1.61 bits per heavy atom. The molecule has 0 unspecified atom stereocenters. The van der Waals surface area contributed by atoms with E-state index in [9.17, 15) is 18.3 Å². The van der Waals surface area contributed by atoms with Gasteiger partial charge in [0.15, 0.2) is 0 Å². The van der Waals surface area contributed by atoms with Crippen LogP contribution >= 0.6 is 11.8 Å². The van der Waals surface area contributed by atoms with Crippen molar-refractivity contribution >= 4 is 27.7 Å². The molecule has 0 aromatic carbocycles. The second-order valence-electron chi connectivity index (χ2n) is 9.14. The summed E-state index contributed by atoms with van der Waals surface area (Å²) in [5, 5.41) is 12.5. The van der Waals surface area contributed by atoms with Crippen molar-refractivity contribution in [1.29, 1.82) is 0 Å². The predicted octanol–water partition coefficient (Wildman–Crippen LogP) is 4.58. The molecule has 8 heteroatoms. The van der Waals surface area contributed by atoms with Gasteiger partial charge in [-0.05, 0) is 59.3 Å². The quantitative estimate of drug-likeness (QED) is 0.200. The Morgan fingerprint density at radius 3 is 2.12 bits per heavy atom. The average Bonchev–Trinajstić information content (AvgIpc) is 2.72. The van der Waals surface area contributed by atoms with Crippen LogP contribution < -0.4 is 10.0 Å². The van der Waals surface area contributed by atoms with Gasteiger partial charge in [0.2, 0.25) is 15.9 Å². The standard InChI is InChI=1S/C25H46N2O4S2/c1-8-22(6)24(27-33(7,30)31)25(29)26-23(17-28)18-32-16-15-21(5)14-10-13-20(4)12-9-11-19(2)3/h11,13,15,22-24,27-28H,8-10,12,14,16-18H2,1-7H3,(H,26,29)/b20-13+,21-15+/t22-,23+,24-/m0/s1. The Morgan fingerprint density at radius 1 is 1.03 bits per heavy atom. The Hall–Kier alpha value is -1.09. The summed E-state index contributed by atoms with van der Waals surface area (Å²) in [6.45, 7) is 12.1. The highest BCUT2D eigenvalue weighted by Crippen LogP contribution is 2.14. The van der Waals surface area contributed by atoms with E-state index in [1.165, 1.54) is 16.7 Å². The molecule has 0 rings (SSSR count). The minimum absolute atomic E-state index is 0.151. The van der Waals surface area contributed by atoms with Crippen LogP contribution in [0.4, 0.5) is 0 Å². The van der Waals surface area contributed by atoms with Crippen LogP contribution in [0.25, 0.3) is 0 Å². The summed E-state index contributed by atoms with van der Waals surface area (Å²) in [4.78, 5) is 12.6. The third-order valence-corrected chi connectivity index (χ3v) is 7.12. The zero-order valence-electron chi connectivity index (χ0n) is 21.6. The van der Waals surface area contributed by atoms with Crippen molar-refractivity contribution in [3.05, 3.63) is 34.9 Å². The van der Waals surface area contributed by atoms with Gasteiger partial charge in [0.25, 0.3) is 0 Å². The number of amides is 1. The normalized spacial score (nSPS) is 15.6. The van der Waals surface area contributed by atoms with Crippen LogP contribution in [0.3, 0.4) is 0 Å². The van der Waals surface area contributed by atoms with E-state index in [-0.39, 0.29) is 12.5 Å². The topological polar surface area (TPSA) is 95.5 Å². The first-order valence-corrected chi connectivity index (χ1v) is 14.8. The minimum Gasteiger partial charge on any atom is -0.394 e. The van der Waals surface area contributed by atoms with Gasteiger partial charge in [-0.2, -0.15) is 11.8 Å². The van der Waals surface area contributed by atoms with Gasteiger partial charge >= 0.3 is 0 Å². The summed E-state index contributed by atoms with van der Waals surface area (Å²) < 4.78 is 25.7. The maximum absolute atomic E-state index is 12.6. The molecule has 0 saturated heterocycles. The zero-order valence-corrected chi connectivity index (χ0v) is 23.2. The van der Waals surface area contributed by atoms with Crippen LogP contribution in [-0.2, 0) is 14.8 Å². The zero-order chi connectivity index (χ0) is 25.4. The Labute approximate surface area is 206 Å². The first kappa shape index (κ1) is 31.9. The third kappa shape index (κ3) is 17.1. The van der Waals surface area contributed by atoms with E-state index >= 15 is 0 Å². The van der Waals surface area contributed by atoms with Crippen molar-refractivity contribution in [1.82, 2.24) is 10.0 Å². The van der Waals surface area contributed by atoms with Gasteiger partial charge in [-0.25, -0.2) is 13.1 Å². The number of hydrogen-bond acceptors (Lipinski definition) is 5. The van der Waals surface area contributed by atoms with Gasteiger partial charge in [0.05, 0.1) is 18.9 Å². The molecule has 0 radical (unpaired) electrons. The summed E-state index contributed by atoms with van der Waals surface area (Å²) in [5.74, 6) is 0.814. The second-order valence-corrected chi connectivity index (χ2v) is 12.0. The molecule has 0 aromatic heterocycles. The van der Waals surface area contributed by atoms with Crippen LogP contribution in [0.5, 0.6) is 0 Å². The molecular weight excluding hydrogens is 456 g/mol. The van der Waals surface area contributed by atoms with Crippen molar-refractivity contribution in [2.24, 2.45) is 5.92 Å². The van der Waals surface area contributed by atoms with E-state index in [1.54, 1.807) is 11.8 Å². The number of thioether (sulfide) groups is 1. The molecule has 0 fully saturated rings. The van der Waals surface area contributed by atoms with Gasteiger partial charge in [-0.15, -0.1) is 0 Å². The predicted molar refractivity (Wildman–Crippen MR) is 143 cm³/mol. The summed E-state index contributed by atoms with van der Waals surface area (Å²) in [6.07, 6.45) is 12.8. The summed E-state index contributed by atoms with van der Waals surface area (Å²) >= 11 is 1.64.